The van der Waals surface area contributed by atoms with Crippen LogP contribution in [0.4, 0.5) is 11.5 Å². The Morgan fingerprint density at radius 2 is 2.18 bits per heavy atom. The second kappa shape index (κ2) is 5.12. The number of nitrogens with one attached hydrogen (secondary N) is 1. The first kappa shape index (κ1) is 11.1. The summed E-state index contributed by atoms with van der Waals surface area (Å²) in [5, 5.41) is 3.08. The lowest BCUT2D eigenvalue weighted by Crippen LogP contribution is -1.98. The summed E-state index contributed by atoms with van der Waals surface area (Å²) in [7, 11) is 1.61. The topological polar surface area (TPSA) is 51.2 Å². The van der Waals surface area contributed by atoms with Crippen molar-refractivity contribution < 1.29 is 9.53 Å². The molecule has 0 saturated heterocycles. The molecule has 17 heavy (non-hydrogen) atoms. The van der Waals surface area contributed by atoms with Gasteiger partial charge in [0.25, 0.3) is 0 Å². The zero-order valence-electron chi connectivity index (χ0n) is 9.38. The Balaban J connectivity index is 2.27. The molecule has 0 aliphatic heterocycles. The van der Waals surface area contributed by atoms with Crippen LogP contribution in [0.25, 0.3) is 0 Å². The van der Waals surface area contributed by atoms with Crippen molar-refractivity contribution in [3.63, 3.8) is 0 Å². The van der Waals surface area contributed by atoms with Gasteiger partial charge in [-0.25, -0.2) is 4.98 Å². The number of rotatable bonds is 4. The highest BCUT2D eigenvalue weighted by atomic mass is 16.5. The molecular weight excluding hydrogens is 216 g/mol. The number of methoxy groups -OCH3 is 1. The summed E-state index contributed by atoms with van der Waals surface area (Å²) in [6, 6.07) is 10.9. The summed E-state index contributed by atoms with van der Waals surface area (Å²) in [6.07, 6.45) is 2.41. The molecule has 0 bridgehead atoms. The Morgan fingerprint density at radius 1 is 1.29 bits per heavy atom. The van der Waals surface area contributed by atoms with Crippen LogP contribution in [0.5, 0.6) is 5.75 Å². The molecule has 0 fully saturated rings. The van der Waals surface area contributed by atoms with Gasteiger partial charge in [0.15, 0.2) is 6.29 Å². The van der Waals surface area contributed by atoms with Crippen molar-refractivity contribution in [2.24, 2.45) is 0 Å². The monoisotopic (exact) mass is 228 g/mol. The second-order valence-electron chi connectivity index (χ2n) is 3.42. The van der Waals surface area contributed by atoms with Gasteiger partial charge in [0.05, 0.1) is 12.7 Å². The summed E-state index contributed by atoms with van der Waals surface area (Å²) in [5.41, 5.74) is 1.35. The van der Waals surface area contributed by atoms with Crippen LogP contribution in [-0.2, 0) is 0 Å². The molecule has 0 amide bonds. The molecule has 0 unspecified atom stereocenters. The number of hydrogen-bond acceptors (Lipinski definition) is 4. The first-order valence-corrected chi connectivity index (χ1v) is 5.15. The molecule has 2 rings (SSSR count). The molecule has 0 radical (unpaired) electrons. The Hall–Kier alpha value is -2.36. The lowest BCUT2D eigenvalue weighted by Gasteiger charge is -2.08. The number of carbonyl (C=O) groups excluding carboxylic acids is 1. The number of pyridine rings is 1. The van der Waals surface area contributed by atoms with E-state index in [0.29, 0.717) is 11.4 Å². The first-order chi connectivity index (χ1) is 8.33. The largest absolute Gasteiger partial charge is 0.497 e. The average molecular weight is 228 g/mol. The smallest absolute Gasteiger partial charge is 0.153 e. The summed E-state index contributed by atoms with van der Waals surface area (Å²) in [5.74, 6) is 1.29. The number of anilines is 2. The summed E-state index contributed by atoms with van der Waals surface area (Å²) >= 11 is 0. The van der Waals surface area contributed by atoms with E-state index >= 15 is 0 Å². The molecular formula is C13H12N2O2. The number of nitrogens with zero attached hydrogens (tertiary/aromatic N) is 1. The minimum absolute atomic E-state index is 0.523. The van der Waals surface area contributed by atoms with Crippen LogP contribution in [0.2, 0.25) is 0 Å². The van der Waals surface area contributed by atoms with Gasteiger partial charge >= 0.3 is 0 Å². The molecule has 0 aliphatic rings. The van der Waals surface area contributed by atoms with Crippen molar-refractivity contribution in [2.45, 2.75) is 0 Å². The Kier molecular flexibility index (Phi) is 3.35. The maximum Gasteiger partial charge on any atom is 0.153 e. The van der Waals surface area contributed by atoms with E-state index < -0.39 is 0 Å². The van der Waals surface area contributed by atoms with Gasteiger partial charge in [-0.3, -0.25) is 4.79 Å². The third kappa shape index (κ3) is 2.60. The fraction of sp³-hybridized carbons (Fsp3) is 0.0769. The summed E-state index contributed by atoms with van der Waals surface area (Å²) < 4.78 is 5.12. The van der Waals surface area contributed by atoms with E-state index in [-0.39, 0.29) is 0 Å². The summed E-state index contributed by atoms with van der Waals surface area (Å²) in [6.45, 7) is 0. The highest BCUT2D eigenvalue weighted by molar-refractivity contribution is 5.84. The summed E-state index contributed by atoms with van der Waals surface area (Å²) in [4.78, 5) is 15.0. The van der Waals surface area contributed by atoms with Gasteiger partial charge in [-0.2, -0.15) is 0 Å². The van der Waals surface area contributed by atoms with Crippen LogP contribution in [-0.4, -0.2) is 18.4 Å². The Labute approximate surface area is 99.3 Å². The quantitative estimate of drug-likeness (QED) is 0.817. The molecule has 86 valence electrons. The van der Waals surface area contributed by atoms with E-state index in [9.17, 15) is 4.79 Å². The SMILES string of the molecule is COc1cccc(Nc2ncccc2C=O)c1. The lowest BCUT2D eigenvalue weighted by molar-refractivity contribution is 0.112. The Morgan fingerprint density at radius 3 is 2.94 bits per heavy atom. The lowest BCUT2D eigenvalue weighted by atomic mass is 10.2. The number of aromatic nitrogens is 1. The van der Waals surface area contributed by atoms with Gasteiger partial charge in [-0.15, -0.1) is 0 Å². The zero-order valence-corrected chi connectivity index (χ0v) is 9.38. The molecule has 0 aliphatic carbocycles. The minimum atomic E-state index is 0.523. The van der Waals surface area contributed by atoms with Crippen molar-refractivity contribution in [2.75, 3.05) is 12.4 Å². The van der Waals surface area contributed by atoms with Crippen LogP contribution in [0, 0.1) is 0 Å². The van der Waals surface area contributed by atoms with E-state index in [1.165, 1.54) is 0 Å². The highest BCUT2D eigenvalue weighted by Crippen LogP contribution is 2.21. The minimum Gasteiger partial charge on any atom is -0.497 e. The van der Waals surface area contributed by atoms with Crippen LogP contribution in [0.1, 0.15) is 10.4 Å². The molecule has 0 saturated carbocycles. The molecule has 1 aromatic heterocycles. The fourth-order valence-corrected chi connectivity index (χ4v) is 1.45. The van der Waals surface area contributed by atoms with Crippen LogP contribution >= 0.6 is 0 Å². The van der Waals surface area contributed by atoms with Crippen LogP contribution in [0.3, 0.4) is 0 Å². The first-order valence-electron chi connectivity index (χ1n) is 5.15. The molecule has 2 aromatic rings. The normalized spacial score (nSPS) is 9.71. The number of benzene rings is 1. The van der Waals surface area contributed by atoms with Gasteiger partial charge in [0.1, 0.15) is 11.6 Å². The van der Waals surface area contributed by atoms with Gasteiger partial charge < -0.3 is 10.1 Å². The second-order valence-corrected chi connectivity index (χ2v) is 3.42. The van der Waals surface area contributed by atoms with Gasteiger partial charge in [-0.05, 0) is 24.3 Å². The van der Waals surface area contributed by atoms with Gasteiger partial charge in [0.2, 0.25) is 0 Å². The van der Waals surface area contributed by atoms with Gasteiger partial charge in [-0.1, -0.05) is 6.07 Å². The molecule has 4 heteroatoms. The van der Waals surface area contributed by atoms with E-state index in [4.69, 9.17) is 4.74 Å². The molecule has 4 nitrogen and oxygen atoms in total. The maximum absolute atomic E-state index is 10.8. The molecule has 1 heterocycles. The predicted octanol–water partition coefficient (Wildman–Crippen LogP) is 2.65. The van der Waals surface area contributed by atoms with Crippen molar-refractivity contribution in [3.05, 3.63) is 48.2 Å². The number of aldehydes is 1. The van der Waals surface area contributed by atoms with Crippen molar-refractivity contribution in [3.8, 4) is 5.75 Å². The maximum atomic E-state index is 10.8. The molecule has 1 aromatic carbocycles. The van der Waals surface area contributed by atoms with E-state index in [1.807, 2.05) is 24.3 Å². The van der Waals surface area contributed by atoms with Crippen molar-refractivity contribution in [1.82, 2.24) is 4.98 Å². The molecule has 1 N–H and O–H groups in total. The molecule has 0 spiro atoms. The van der Waals surface area contributed by atoms with Crippen LogP contribution in [0.15, 0.2) is 42.6 Å². The third-order valence-electron chi connectivity index (χ3n) is 2.30. The number of hydrogen-bond donors (Lipinski definition) is 1. The third-order valence-corrected chi connectivity index (χ3v) is 2.30. The highest BCUT2D eigenvalue weighted by Gasteiger charge is 2.02. The number of ether oxygens (including phenoxy) is 1. The average Bonchev–Trinajstić information content (AvgIpc) is 2.39. The fourth-order valence-electron chi connectivity index (χ4n) is 1.45. The number of carbonyl (C=O) groups is 1. The van der Waals surface area contributed by atoms with E-state index in [1.54, 1.807) is 25.4 Å². The van der Waals surface area contributed by atoms with Crippen LogP contribution < -0.4 is 10.1 Å². The van der Waals surface area contributed by atoms with E-state index in [0.717, 1.165) is 17.7 Å². The van der Waals surface area contributed by atoms with Gasteiger partial charge in [0, 0.05) is 18.0 Å². The zero-order chi connectivity index (χ0) is 12.1. The Bertz CT molecular complexity index is 526. The van der Waals surface area contributed by atoms with Crippen molar-refractivity contribution in [1.29, 1.82) is 0 Å². The van der Waals surface area contributed by atoms with E-state index in [2.05, 4.69) is 10.3 Å². The predicted molar refractivity (Wildman–Crippen MR) is 65.9 cm³/mol. The molecule has 0 atom stereocenters. The standard InChI is InChI=1S/C13H12N2O2/c1-17-12-6-2-5-11(8-12)15-13-10(9-16)4-3-7-14-13/h2-9H,1H3,(H,14,15). The van der Waals surface area contributed by atoms with Crippen molar-refractivity contribution >= 4 is 17.8 Å².